The lowest BCUT2D eigenvalue weighted by Gasteiger charge is -2.21. The van der Waals surface area contributed by atoms with Crippen molar-refractivity contribution in [1.82, 2.24) is 0 Å². The van der Waals surface area contributed by atoms with Crippen molar-refractivity contribution < 1.29 is 9.90 Å². The first-order chi connectivity index (χ1) is 7.60. The van der Waals surface area contributed by atoms with E-state index in [1.54, 1.807) is 0 Å². The Morgan fingerprint density at radius 3 is 2.81 bits per heavy atom. The van der Waals surface area contributed by atoms with Gasteiger partial charge >= 0.3 is 5.97 Å². The molecule has 2 rings (SSSR count). The summed E-state index contributed by atoms with van der Waals surface area (Å²) in [6, 6.07) is 0. The summed E-state index contributed by atoms with van der Waals surface area (Å²) in [6.07, 6.45) is 11.9. The van der Waals surface area contributed by atoms with Gasteiger partial charge in [-0.2, -0.15) is 0 Å². The average Bonchev–Trinajstić information content (AvgIpc) is 2.91. The van der Waals surface area contributed by atoms with E-state index in [1.165, 1.54) is 5.57 Å². The van der Waals surface area contributed by atoms with Gasteiger partial charge in [0.05, 0.1) is 5.41 Å². The quantitative estimate of drug-likeness (QED) is 0.790. The molecule has 1 N–H and O–H groups in total. The van der Waals surface area contributed by atoms with Crippen LogP contribution in [0.25, 0.3) is 0 Å². The molecule has 0 aliphatic heterocycles. The molecule has 86 valence electrons. The fraction of sp³-hybridized carbons (Fsp3) is 0.500. The van der Waals surface area contributed by atoms with Gasteiger partial charge in [-0.3, -0.25) is 4.79 Å². The molecule has 16 heavy (non-hydrogen) atoms. The lowest BCUT2D eigenvalue weighted by Crippen LogP contribution is -2.21. The van der Waals surface area contributed by atoms with Crippen LogP contribution < -0.4 is 0 Å². The summed E-state index contributed by atoms with van der Waals surface area (Å²) < 4.78 is 0. The highest BCUT2D eigenvalue weighted by atomic mass is 16.4. The van der Waals surface area contributed by atoms with E-state index >= 15 is 0 Å². The van der Waals surface area contributed by atoms with Crippen molar-refractivity contribution in [3.63, 3.8) is 0 Å². The Labute approximate surface area is 96.4 Å². The molecule has 3 atom stereocenters. The topological polar surface area (TPSA) is 37.3 Å². The van der Waals surface area contributed by atoms with Gasteiger partial charge in [0.2, 0.25) is 0 Å². The number of aliphatic carboxylic acids is 1. The molecule has 0 aromatic carbocycles. The van der Waals surface area contributed by atoms with Crippen molar-refractivity contribution in [2.75, 3.05) is 0 Å². The molecule has 2 nitrogen and oxygen atoms in total. The van der Waals surface area contributed by atoms with Crippen LogP contribution in [0.15, 0.2) is 36.0 Å². The Kier molecular flexibility index (Phi) is 2.75. The third kappa shape index (κ3) is 1.73. The van der Waals surface area contributed by atoms with E-state index in [9.17, 15) is 9.90 Å². The van der Waals surface area contributed by atoms with E-state index in [2.05, 4.69) is 18.2 Å². The van der Waals surface area contributed by atoms with E-state index in [4.69, 9.17) is 0 Å². The van der Waals surface area contributed by atoms with Crippen LogP contribution in [0.3, 0.4) is 0 Å². The van der Waals surface area contributed by atoms with Gasteiger partial charge in [-0.25, -0.2) is 0 Å². The number of allylic oxidation sites excluding steroid dienone is 6. The minimum atomic E-state index is -0.626. The molecule has 0 radical (unpaired) electrons. The average molecular weight is 218 g/mol. The second kappa shape index (κ2) is 3.93. The van der Waals surface area contributed by atoms with Crippen LogP contribution in [-0.2, 0) is 4.79 Å². The van der Waals surface area contributed by atoms with E-state index in [1.807, 2.05) is 26.0 Å². The van der Waals surface area contributed by atoms with Gasteiger partial charge in [0, 0.05) is 5.92 Å². The maximum Gasteiger partial charge on any atom is 0.309 e. The van der Waals surface area contributed by atoms with Crippen molar-refractivity contribution in [1.29, 1.82) is 0 Å². The summed E-state index contributed by atoms with van der Waals surface area (Å²) in [7, 11) is 0. The van der Waals surface area contributed by atoms with Gasteiger partial charge in [0.15, 0.2) is 0 Å². The van der Waals surface area contributed by atoms with Gasteiger partial charge in [0.25, 0.3) is 0 Å². The lowest BCUT2D eigenvalue weighted by atomic mass is 9.83. The molecule has 2 aliphatic carbocycles. The molecule has 0 heterocycles. The normalized spacial score (nSPS) is 39.0. The van der Waals surface area contributed by atoms with Crippen LogP contribution in [0, 0.1) is 17.3 Å². The Bertz CT molecular complexity index is 390. The number of hydrogen-bond donors (Lipinski definition) is 1. The monoisotopic (exact) mass is 218 g/mol. The molecular weight excluding hydrogens is 200 g/mol. The summed E-state index contributed by atoms with van der Waals surface area (Å²) in [4.78, 5) is 11.3. The third-order valence-electron chi connectivity index (χ3n) is 3.97. The van der Waals surface area contributed by atoms with Crippen LogP contribution in [-0.4, -0.2) is 11.1 Å². The fourth-order valence-electron chi connectivity index (χ4n) is 2.65. The Morgan fingerprint density at radius 2 is 2.31 bits per heavy atom. The van der Waals surface area contributed by atoms with E-state index in [-0.39, 0.29) is 5.92 Å². The number of carboxylic acid groups (broad SMARTS) is 1. The standard InChI is InChI=1S/C14H18O2/c1-3-11-6-4-5-7-12(11)9-14(13(15)16)8-10(14)2/h3-7,10,12H,8-9H2,1-2H3,(H,15,16)/b11-3-/t10-,12-,14?/m1/s1. The first-order valence-corrected chi connectivity index (χ1v) is 5.84. The van der Waals surface area contributed by atoms with Crippen LogP contribution in [0.1, 0.15) is 26.7 Å². The minimum Gasteiger partial charge on any atom is -0.481 e. The molecule has 1 saturated carbocycles. The Morgan fingerprint density at radius 1 is 1.62 bits per heavy atom. The summed E-state index contributed by atoms with van der Waals surface area (Å²) in [5, 5.41) is 9.30. The molecule has 1 unspecified atom stereocenters. The molecule has 0 bridgehead atoms. The summed E-state index contributed by atoms with van der Waals surface area (Å²) >= 11 is 0. The highest BCUT2D eigenvalue weighted by Crippen LogP contribution is 2.57. The molecule has 2 aliphatic rings. The number of rotatable bonds is 3. The molecule has 2 heteroatoms. The Hall–Kier alpha value is -1.31. The molecule has 0 saturated heterocycles. The zero-order valence-electron chi connectivity index (χ0n) is 9.81. The number of carboxylic acids is 1. The van der Waals surface area contributed by atoms with Crippen molar-refractivity contribution in [2.45, 2.75) is 26.7 Å². The number of carbonyl (C=O) groups is 1. The number of hydrogen-bond acceptors (Lipinski definition) is 1. The summed E-state index contributed by atoms with van der Waals surface area (Å²) in [6.45, 7) is 4.04. The first kappa shape index (κ1) is 11.2. The van der Waals surface area contributed by atoms with Crippen molar-refractivity contribution >= 4 is 5.97 Å². The van der Waals surface area contributed by atoms with Crippen LogP contribution in [0.4, 0.5) is 0 Å². The first-order valence-electron chi connectivity index (χ1n) is 5.84. The van der Waals surface area contributed by atoms with Gasteiger partial charge in [0.1, 0.15) is 0 Å². The SMILES string of the molecule is C/C=C1/C=CC=C[C@@H]1CC1(C(=O)O)C[C@H]1C. The molecule has 0 amide bonds. The van der Waals surface area contributed by atoms with Crippen LogP contribution in [0.5, 0.6) is 0 Å². The molecule has 0 aromatic rings. The van der Waals surface area contributed by atoms with Gasteiger partial charge in [-0.05, 0) is 31.3 Å². The largest absolute Gasteiger partial charge is 0.481 e. The highest BCUT2D eigenvalue weighted by molar-refractivity contribution is 5.78. The fourth-order valence-corrected chi connectivity index (χ4v) is 2.65. The predicted octanol–water partition coefficient (Wildman–Crippen LogP) is 3.18. The van der Waals surface area contributed by atoms with Crippen LogP contribution >= 0.6 is 0 Å². The smallest absolute Gasteiger partial charge is 0.309 e. The third-order valence-corrected chi connectivity index (χ3v) is 3.97. The summed E-state index contributed by atoms with van der Waals surface area (Å²) in [5.74, 6) is -0.0307. The van der Waals surface area contributed by atoms with Crippen molar-refractivity contribution in [3.8, 4) is 0 Å². The van der Waals surface area contributed by atoms with Gasteiger partial charge < -0.3 is 5.11 Å². The van der Waals surface area contributed by atoms with Gasteiger partial charge in [-0.15, -0.1) is 0 Å². The molecule has 0 spiro atoms. The summed E-state index contributed by atoms with van der Waals surface area (Å²) in [5.41, 5.74) is 0.774. The minimum absolute atomic E-state index is 0.274. The Balaban J connectivity index is 2.13. The van der Waals surface area contributed by atoms with E-state index in [0.717, 1.165) is 12.8 Å². The van der Waals surface area contributed by atoms with Crippen molar-refractivity contribution in [2.24, 2.45) is 17.3 Å². The molecular formula is C14H18O2. The van der Waals surface area contributed by atoms with Crippen molar-refractivity contribution in [3.05, 3.63) is 36.0 Å². The second-order valence-corrected chi connectivity index (χ2v) is 4.91. The van der Waals surface area contributed by atoms with E-state index < -0.39 is 11.4 Å². The zero-order chi connectivity index (χ0) is 11.8. The molecule has 1 fully saturated rings. The maximum atomic E-state index is 11.3. The van der Waals surface area contributed by atoms with Crippen LogP contribution in [0.2, 0.25) is 0 Å². The lowest BCUT2D eigenvalue weighted by molar-refractivity contribution is -0.144. The zero-order valence-corrected chi connectivity index (χ0v) is 9.81. The molecule has 0 aromatic heterocycles. The maximum absolute atomic E-state index is 11.3. The van der Waals surface area contributed by atoms with Gasteiger partial charge in [-0.1, -0.05) is 37.3 Å². The van der Waals surface area contributed by atoms with E-state index in [0.29, 0.717) is 5.92 Å². The second-order valence-electron chi connectivity index (χ2n) is 4.91. The predicted molar refractivity (Wildman–Crippen MR) is 64.0 cm³/mol. The highest BCUT2D eigenvalue weighted by Gasteiger charge is 2.58.